The minimum absolute atomic E-state index is 0.146. The fraction of sp³-hybridized carbons (Fsp3) is 0.0625. The van der Waals surface area contributed by atoms with E-state index in [0.717, 1.165) is 0 Å². The van der Waals surface area contributed by atoms with E-state index in [9.17, 15) is 9.59 Å². The first-order valence-corrected chi connectivity index (χ1v) is 6.29. The lowest BCUT2D eigenvalue weighted by molar-refractivity contribution is 0.106. The molecule has 0 atom stereocenters. The summed E-state index contributed by atoms with van der Waals surface area (Å²) in [5, 5.41) is 3.88. The molecule has 1 N–H and O–H groups in total. The van der Waals surface area contributed by atoms with Gasteiger partial charge < -0.3 is 4.74 Å². The van der Waals surface area contributed by atoms with Gasteiger partial charge in [0.05, 0.1) is 7.11 Å². The van der Waals surface area contributed by atoms with Crippen molar-refractivity contribution >= 4 is 17.6 Å². The van der Waals surface area contributed by atoms with Crippen molar-refractivity contribution in [1.29, 1.82) is 0 Å². The molecule has 5 heteroatoms. The lowest BCUT2D eigenvalue weighted by atomic mass is 10.0. The number of hydrazone groups is 1. The summed E-state index contributed by atoms with van der Waals surface area (Å²) in [5.74, 6) is -0.279. The lowest BCUT2D eigenvalue weighted by Gasteiger charge is -2.06. The zero-order chi connectivity index (χ0) is 15.1. The van der Waals surface area contributed by atoms with Gasteiger partial charge in [-0.05, 0) is 0 Å². The van der Waals surface area contributed by atoms with Gasteiger partial charge in [0, 0.05) is 11.1 Å². The number of amides is 1. The fourth-order valence-electron chi connectivity index (χ4n) is 1.72. The molecular formula is C16H14N2O3. The monoisotopic (exact) mass is 284 g/mol. The number of nitrogens with one attached hydrogen (secondary N) is 1. The molecule has 2 aromatic carbocycles. The molecule has 0 fully saturated rings. The van der Waals surface area contributed by atoms with Crippen LogP contribution in [0, 0.1) is 0 Å². The van der Waals surface area contributed by atoms with Crippen molar-refractivity contribution in [2.24, 2.45) is 5.10 Å². The van der Waals surface area contributed by atoms with Crippen LogP contribution in [0.25, 0.3) is 0 Å². The van der Waals surface area contributed by atoms with E-state index in [-0.39, 0.29) is 11.5 Å². The second kappa shape index (κ2) is 7.00. The molecule has 0 aliphatic rings. The molecular weight excluding hydrogens is 270 g/mol. The molecule has 0 bridgehead atoms. The molecule has 0 aliphatic carbocycles. The van der Waals surface area contributed by atoms with Crippen LogP contribution in [0.1, 0.15) is 15.9 Å². The predicted octanol–water partition coefficient (Wildman–Crippen LogP) is 2.63. The highest BCUT2D eigenvalue weighted by atomic mass is 16.6. The molecule has 5 nitrogen and oxygen atoms in total. The number of hydrogen-bond acceptors (Lipinski definition) is 4. The van der Waals surface area contributed by atoms with Crippen molar-refractivity contribution in [3.63, 3.8) is 0 Å². The molecule has 0 saturated carbocycles. The molecule has 2 aromatic rings. The summed E-state index contributed by atoms with van der Waals surface area (Å²) in [6, 6.07) is 17.7. The summed E-state index contributed by atoms with van der Waals surface area (Å²) < 4.78 is 4.45. The summed E-state index contributed by atoms with van der Waals surface area (Å²) in [6.45, 7) is 0. The van der Waals surface area contributed by atoms with Gasteiger partial charge in [-0.3, -0.25) is 4.79 Å². The molecule has 21 heavy (non-hydrogen) atoms. The van der Waals surface area contributed by atoms with Crippen molar-refractivity contribution in [3.8, 4) is 0 Å². The van der Waals surface area contributed by atoms with Crippen molar-refractivity contribution in [1.82, 2.24) is 5.43 Å². The van der Waals surface area contributed by atoms with Crippen LogP contribution in [0.4, 0.5) is 4.79 Å². The standard InChI is InChI=1S/C16H14N2O3/c1-21-16(20)18-17-14(12-8-4-2-5-9-12)15(19)13-10-6-3-7-11-13/h2-11H,1H3,(H,18,20)/b17-14-/i17+1,18+1. The van der Waals surface area contributed by atoms with Crippen molar-refractivity contribution in [3.05, 3.63) is 71.8 Å². The average Bonchev–Trinajstić information content (AvgIpc) is 2.56. The van der Waals surface area contributed by atoms with E-state index < -0.39 is 6.09 Å². The van der Waals surface area contributed by atoms with Gasteiger partial charge in [-0.2, -0.15) is 5.10 Å². The van der Waals surface area contributed by atoms with E-state index in [2.05, 4.69) is 15.3 Å². The first-order chi connectivity index (χ1) is 10.2. The Morgan fingerprint density at radius 2 is 1.43 bits per heavy atom. The van der Waals surface area contributed by atoms with Gasteiger partial charge in [-0.25, -0.2) is 10.2 Å². The Balaban J connectivity index is 2.37. The largest absolute Gasteiger partial charge is 0.452 e. The summed E-state index contributed by atoms with van der Waals surface area (Å²) >= 11 is 0. The summed E-state index contributed by atoms with van der Waals surface area (Å²) in [7, 11) is 1.23. The van der Waals surface area contributed by atoms with Gasteiger partial charge in [-0.1, -0.05) is 60.7 Å². The van der Waals surface area contributed by atoms with Crippen LogP contribution in [-0.2, 0) is 4.74 Å². The maximum atomic E-state index is 12.5. The number of rotatable bonds is 4. The number of carbonyl (C=O) groups is 2. The quantitative estimate of drug-likeness (QED) is 0.406. The third kappa shape index (κ3) is 3.76. The Labute approximate surface area is 122 Å². The zero-order valence-corrected chi connectivity index (χ0v) is 11.4. The van der Waals surface area contributed by atoms with Crippen LogP contribution < -0.4 is 5.43 Å². The molecule has 0 saturated heterocycles. The number of ether oxygens (including phenoxy) is 1. The minimum atomic E-state index is -0.732. The van der Waals surface area contributed by atoms with Gasteiger partial charge >= 0.3 is 6.09 Å². The molecule has 1 amide bonds. The van der Waals surface area contributed by atoms with Crippen LogP contribution >= 0.6 is 0 Å². The normalized spacial score (nSPS) is 10.8. The number of methoxy groups -OCH3 is 1. The first kappa shape index (κ1) is 14.5. The predicted molar refractivity (Wildman–Crippen MR) is 79.3 cm³/mol. The highest BCUT2D eigenvalue weighted by molar-refractivity contribution is 6.51. The second-order valence-electron chi connectivity index (χ2n) is 4.12. The summed E-state index contributed by atoms with van der Waals surface area (Å²) in [6.07, 6.45) is -0.732. The lowest BCUT2D eigenvalue weighted by Crippen LogP contribution is -2.24. The van der Waals surface area contributed by atoms with E-state index in [1.54, 1.807) is 48.5 Å². The Bertz CT molecular complexity index is 652. The van der Waals surface area contributed by atoms with E-state index in [4.69, 9.17) is 0 Å². The van der Waals surface area contributed by atoms with Crippen molar-refractivity contribution in [2.45, 2.75) is 0 Å². The molecule has 0 aromatic heterocycles. The topological polar surface area (TPSA) is 67.8 Å². The van der Waals surface area contributed by atoms with Crippen molar-refractivity contribution < 1.29 is 14.3 Å². The Morgan fingerprint density at radius 3 is 1.95 bits per heavy atom. The minimum Gasteiger partial charge on any atom is -0.452 e. The van der Waals surface area contributed by atoms with Crippen LogP contribution in [0.2, 0.25) is 0 Å². The van der Waals surface area contributed by atoms with Gasteiger partial charge in [0.1, 0.15) is 5.71 Å². The maximum absolute atomic E-state index is 12.5. The molecule has 2 rings (SSSR count). The van der Waals surface area contributed by atoms with E-state index >= 15 is 0 Å². The van der Waals surface area contributed by atoms with Crippen LogP contribution in [-0.4, -0.2) is 24.7 Å². The molecule has 0 heterocycles. The maximum Gasteiger partial charge on any atom is 0.427 e. The number of benzene rings is 2. The third-order valence-corrected chi connectivity index (χ3v) is 2.74. The smallest absolute Gasteiger partial charge is 0.427 e. The fourth-order valence-corrected chi connectivity index (χ4v) is 1.72. The summed E-state index contributed by atoms with van der Waals surface area (Å²) in [5.41, 5.74) is 3.44. The molecule has 0 radical (unpaired) electrons. The van der Waals surface area contributed by atoms with Gasteiger partial charge in [0.15, 0.2) is 0 Å². The molecule has 0 spiro atoms. The summed E-state index contributed by atoms with van der Waals surface area (Å²) in [4.78, 5) is 23.7. The number of hydrogen-bond donors (Lipinski definition) is 1. The third-order valence-electron chi connectivity index (χ3n) is 2.74. The van der Waals surface area contributed by atoms with E-state index in [1.807, 2.05) is 12.1 Å². The van der Waals surface area contributed by atoms with Gasteiger partial charge in [0.2, 0.25) is 5.78 Å². The highest BCUT2D eigenvalue weighted by Gasteiger charge is 2.16. The van der Waals surface area contributed by atoms with Crippen LogP contribution in [0.15, 0.2) is 65.8 Å². The SMILES string of the molecule is COC(=O)[15NH]/[15N]=C(\C(=O)c1ccccc1)c1ccccc1. The van der Waals surface area contributed by atoms with E-state index in [1.165, 1.54) is 7.11 Å². The van der Waals surface area contributed by atoms with Gasteiger partial charge in [-0.15, -0.1) is 0 Å². The molecule has 106 valence electrons. The first-order valence-electron chi connectivity index (χ1n) is 6.29. The second-order valence-corrected chi connectivity index (χ2v) is 4.12. The van der Waals surface area contributed by atoms with Crippen LogP contribution in [0.3, 0.4) is 0 Å². The average molecular weight is 284 g/mol. The van der Waals surface area contributed by atoms with E-state index in [0.29, 0.717) is 11.1 Å². The number of carbonyl (C=O) groups excluding carboxylic acids is 2. The number of nitrogens with zero attached hydrogens (tertiary/aromatic N) is 1. The number of ketones is 1. The Morgan fingerprint density at radius 1 is 0.905 bits per heavy atom. The Hall–Kier alpha value is -2.95. The highest BCUT2D eigenvalue weighted by Crippen LogP contribution is 2.08. The molecule has 0 unspecified atom stereocenters. The van der Waals surface area contributed by atoms with Crippen LogP contribution in [0.5, 0.6) is 0 Å². The van der Waals surface area contributed by atoms with Gasteiger partial charge in [0.25, 0.3) is 0 Å². The Kier molecular flexibility index (Phi) is 4.82. The number of Topliss-reactive ketones (excluding diaryl/α,β-unsaturated/α-hetero) is 1. The van der Waals surface area contributed by atoms with Crippen molar-refractivity contribution in [2.75, 3.05) is 7.11 Å². The zero-order valence-electron chi connectivity index (χ0n) is 11.4. The molecule has 0 aliphatic heterocycles.